The molecular formula is C29H28O6. The summed E-state index contributed by atoms with van der Waals surface area (Å²) in [4.78, 5) is 34.5. The number of carbonyl (C=O) groups is 3. The second-order valence-corrected chi connectivity index (χ2v) is 8.00. The van der Waals surface area contributed by atoms with E-state index >= 15 is 0 Å². The van der Waals surface area contributed by atoms with Crippen LogP contribution in [0.4, 0.5) is 0 Å². The van der Waals surface area contributed by atoms with Gasteiger partial charge in [-0.25, -0.2) is 4.79 Å². The first-order valence-corrected chi connectivity index (χ1v) is 11.6. The molecule has 0 saturated carbocycles. The third kappa shape index (κ3) is 9.29. The van der Waals surface area contributed by atoms with Crippen LogP contribution in [0.1, 0.15) is 44.1 Å². The van der Waals surface area contributed by atoms with Gasteiger partial charge in [-0.15, -0.1) is 0 Å². The smallest absolute Gasteiger partial charge is 0.336 e. The van der Waals surface area contributed by atoms with Crippen molar-refractivity contribution in [2.45, 2.75) is 38.5 Å². The van der Waals surface area contributed by atoms with Gasteiger partial charge in [0.1, 0.15) is 11.5 Å². The quantitative estimate of drug-likeness (QED) is 0.144. The van der Waals surface area contributed by atoms with E-state index in [1.807, 2.05) is 54.6 Å². The Bertz CT molecular complexity index is 1130. The first-order valence-electron chi connectivity index (χ1n) is 11.6. The molecule has 3 aromatic carbocycles. The predicted octanol–water partition coefficient (Wildman–Crippen LogP) is 6.30. The summed E-state index contributed by atoms with van der Waals surface area (Å²) in [6.07, 6.45) is 6.45. The van der Waals surface area contributed by atoms with E-state index in [0.29, 0.717) is 30.8 Å². The van der Waals surface area contributed by atoms with Crippen LogP contribution in [-0.2, 0) is 14.4 Å². The van der Waals surface area contributed by atoms with Gasteiger partial charge in [-0.3, -0.25) is 9.59 Å². The van der Waals surface area contributed by atoms with Crippen LogP contribution >= 0.6 is 0 Å². The minimum absolute atomic E-state index is 0.163. The number of benzene rings is 3. The molecule has 0 heterocycles. The molecule has 0 atom stereocenters. The Balaban J connectivity index is 1.44. The fourth-order valence-corrected chi connectivity index (χ4v) is 3.39. The van der Waals surface area contributed by atoms with Crippen molar-refractivity contribution in [2.75, 3.05) is 0 Å². The molecule has 0 radical (unpaired) electrons. The zero-order valence-corrected chi connectivity index (χ0v) is 19.4. The second-order valence-electron chi connectivity index (χ2n) is 8.00. The highest BCUT2D eigenvalue weighted by molar-refractivity contribution is 5.88. The average Bonchev–Trinajstić information content (AvgIpc) is 2.86. The zero-order chi connectivity index (χ0) is 24.9. The van der Waals surface area contributed by atoms with E-state index in [1.165, 1.54) is 6.08 Å². The fourth-order valence-electron chi connectivity index (χ4n) is 3.39. The lowest BCUT2D eigenvalue weighted by molar-refractivity contribution is -0.137. The topological polar surface area (TPSA) is 89.9 Å². The molecule has 3 aromatic rings. The average molecular weight is 473 g/mol. The van der Waals surface area contributed by atoms with Gasteiger partial charge in [0.05, 0.1) is 0 Å². The Kier molecular flexibility index (Phi) is 9.81. The molecular weight excluding hydrogens is 444 g/mol. The first-order chi connectivity index (χ1) is 17.0. The molecule has 35 heavy (non-hydrogen) atoms. The monoisotopic (exact) mass is 472 g/mol. The Morgan fingerprint density at radius 2 is 1.20 bits per heavy atom. The largest absolute Gasteiger partial charge is 0.481 e. The number of unbranched alkanes of at least 4 members (excludes halogenated alkanes) is 3. The van der Waals surface area contributed by atoms with Crippen LogP contribution in [-0.4, -0.2) is 23.0 Å². The molecule has 0 amide bonds. The second kappa shape index (κ2) is 13.5. The molecule has 0 aliphatic heterocycles. The molecule has 0 unspecified atom stereocenters. The third-order valence-electron chi connectivity index (χ3n) is 5.23. The summed E-state index contributed by atoms with van der Waals surface area (Å²) in [6.45, 7) is 0. The molecule has 0 fully saturated rings. The van der Waals surface area contributed by atoms with Crippen LogP contribution < -0.4 is 9.47 Å². The number of carboxylic acid groups (broad SMARTS) is 1. The number of carbonyl (C=O) groups excluding carboxylic acids is 2. The SMILES string of the molecule is O=C(O)CCCCCCC(=O)Oc1ccc(-c2ccc(OC(=O)/C=C/c3ccccc3)cc2)cc1. The van der Waals surface area contributed by atoms with Crippen LogP contribution in [0.25, 0.3) is 17.2 Å². The summed E-state index contributed by atoms with van der Waals surface area (Å²) >= 11 is 0. The highest BCUT2D eigenvalue weighted by Gasteiger charge is 2.07. The van der Waals surface area contributed by atoms with E-state index in [4.69, 9.17) is 14.6 Å². The van der Waals surface area contributed by atoms with Gasteiger partial charge in [0.25, 0.3) is 0 Å². The van der Waals surface area contributed by atoms with Gasteiger partial charge in [0, 0.05) is 18.9 Å². The summed E-state index contributed by atoms with van der Waals surface area (Å²) < 4.78 is 10.7. The van der Waals surface area contributed by atoms with Crippen molar-refractivity contribution in [3.63, 3.8) is 0 Å². The Labute approximate surface area is 204 Å². The number of hydrogen-bond donors (Lipinski definition) is 1. The molecule has 180 valence electrons. The van der Waals surface area contributed by atoms with Crippen molar-refractivity contribution >= 4 is 24.0 Å². The van der Waals surface area contributed by atoms with Crippen LogP contribution in [0.15, 0.2) is 84.9 Å². The molecule has 0 aliphatic carbocycles. The van der Waals surface area contributed by atoms with Crippen LogP contribution in [0, 0.1) is 0 Å². The van der Waals surface area contributed by atoms with E-state index < -0.39 is 11.9 Å². The molecule has 0 saturated heterocycles. The van der Waals surface area contributed by atoms with E-state index in [-0.39, 0.29) is 12.4 Å². The lowest BCUT2D eigenvalue weighted by atomic mass is 10.1. The Morgan fingerprint density at radius 3 is 1.77 bits per heavy atom. The standard InChI is InChI=1S/C29H28O6/c30-27(31)10-6-1-2-7-11-28(32)34-25-17-13-23(14-18-25)24-15-19-26(20-16-24)35-29(33)21-12-22-8-4-3-5-9-22/h3-5,8-9,12-21H,1-2,6-7,10-11H2,(H,30,31)/b21-12+. The van der Waals surface area contributed by atoms with Crippen molar-refractivity contribution in [1.82, 2.24) is 0 Å². The van der Waals surface area contributed by atoms with Crippen molar-refractivity contribution in [3.8, 4) is 22.6 Å². The van der Waals surface area contributed by atoms with Crippen molar-refractivity contribution in [1.29, 1.82) is 0 Å². The molecule has 0 bridgehead atoms. The third-order valence-corrected chi connectivity index (χ3v) is 5.23. The van der Waals surface area contributed by atoms with Crippen LogP contribution in [0.2, 0.25) is 0 Å². The van der Waals surface area contributed by atoms with Gasteiger partial charge < -0.3 is 14.6 Å². The minimum Gasteiger partial charge on any atom is -0.481 e. The normalized spacial score (nSPS) is 10.7. The fraction of sp³-hybridized carbons (Fsp3) is 0.207. The van der Waals surface area contributed by atoms with Gasteiger partial charge in [-0.1, -0.05) is 67.4 Å². The van der Waals surface area contributed by atoms with E-state index in [2.05, 4.69) is 0 Å². The first kappa shape index (κ1) is 25.4. The zero-order valence-electron chi connectivity index (χ0n) is 19.4. The number of ether oxygens (including phenoxy) is 2. The van der Waals surface area contributed by atoms with Crippen molar-refractivity contribution in [3.05, 3.63) is 90.5 Å². The molecule has 6 nitrogen and oxygen atoms in total. The number of hydrogen-bond acceptors (Lipinski definition) is 5. The van der Waals surface area contributed by atoms with Gasteiger partial charge in [0.15, 0.2) is 0 Å². The molecule has 0 aromatic heterocycles. The van der Waals surface area contributed by atoms with Crippen LogP contribution in [0.3, 0.4) is 0 Å². The summed E-state index contributed by atoms with van der Waals surface area (Å²) in [5, 5.41) is 8.62. The molecule has 6 heteroatoms. The summed E-state index contributed by atoms with van der Waals surface area (Å²) in [6, 6.07) is 23.9. The molecule has 0 spiro atoms. The highest BCUT2D eigenvalue weighted by atomic mass is 16.5. The maximum absolute atomic E-state index is 12.0. The molecule has 1 N–H and O–H groups in total. The lowest BCUT2D eigenvalue weighted by Crippen LogP contribution is -2.07. The Hall–Kier alpha value is -4.19. The maximum Gasteiger partial charge on any atom is 0.336 e. The van der Waals surface area contributed by atoms with Crippen molar-refractivity contribution in [2.24, 2.45) is 0 Å². The number of carboxylic acids is 1. The van der Waals surface area contributed by atoms with E-state index in [9.17, 15) is 14.4 Å². The van der Waals surface area contributed by atoms with Gasteiger partial charge in [-0.05, 0) is 59.9 Å². The number of aliphatic carboxylic acids is 1. The summed E-state index contributed by atoms with van der Waals surface area (Å²) in [5.41, 5.74) is 2.79. The molecule has 0 aliphatic rings. The minimum atomic E-state index is -0.792. The lowest BCUT2D eigenvalue weighted by Gasteiger charge is -2.07. The maximum atomic E-state index is 12.0. The predicted molar refractivity (Wildman–Crippen MR) is 134 cm³/mol. The highest BCUT2D eigenvalue weighted by Crippen LogP contribution is 2.25. The summed E-state index contributed by atoms with van der Waals surface area (Å²) in [7, 11) is 0. The Morgan fingerprint density at radius 1 is 0.657 bits per heavy atom. The van der Waals surface area contributed by atoms with Gasteiger partial charge in [-0.2, -0.15) is 0 Å². The molecule has 3 rings (SSSR count). The van der Waals surface area contributed by atoms with Crippen LogP contribution in [0.5, 0.6) is 11.5 Å². The van der Waals surface area contributed by atoms with E-state index in [0.717, 1.165) is 29.5 Å². The van der Waals surface area contributed by atoms with E-state index in [1.54, 1.807) is 30.3 Å². The summed E-state index contributed by atoms with van der Waals surface area (Å²) in [5.74, 6) is -0.624. The number of rotatable bonds is 12. The van der Waals surface area contributed by atoms with Gasteiger partial charge >= 0.3 is 17.9 Å². The number of esters is 2. The van der Waals surface area contributed by atoms with Gasteiger partial charge in [0.2, 0.25) is 0 Å². The van der Waals surface area contributed by atoms with Crippen molar-refractivity contribution < 1.29 is 29.0 Å².